The average molecular weight is 433 g/mol. The minimum atomic E-state index is -4.57. The Bertz CT molecular complexity index is 1250. The quantitative estimate of drug-likeness (QED) is 0.477. The lowest BCUT2D eigenvalue weighted by atomic mass is 10.1. The van der Waals surface area contributed by atoms with Gasteiger partial charge in [-0.05, 0) is 25.1 Å². The molecule has 3 aromatic heterocycles. The average Bonchev–Trinajstić information content (AvgIpc) is 3.32. The third kappa shape index (κ3) is 2.76. The SMILES string of the molecule is C[C@H]1Cn2c(-c3ccncn3)nnc2-c2nnc(-c3cccc(C(F)(F)F)c3Cl)n21. The molecular weight excluding hydrogens is 421 g/mol. The molecule has 0 fully saturated rings. The van der Waals surface area contributed by atoms with Crippen LogP contribution in [-0.2, 0) is 12.7 Å². The summed E-state index contributed by atoms with van der Waals surface area (Å²) >= 11 is 6.11. The van der Waals surface area contributed by atoms with Gasteiger partial charge in [0, 0.05) is 18.3 Å². The lowest BCUT2D eigenvalue weighted by molar-refractivity contribution is -0.137. The van der Waals surface area contributed by atoms with Crippen molar-refractivity contribution in [1.82, 2.24) is 39.5 Å². The van der Waals surface area contributed by atoms with Crippen molar-refractivity contribution in [3.63, 3.8) is 0 Å². The summed E-state index contributed by atoms with van der Waals surface area (Å²) in [6.45, 7) is 2.36. The van der Waals surface area contributed by atoms with Crippen molar-refractivity contribution in [1.29, 1.82) is 0 Å². The molecule has 1 aliphatic rings. The largest absolute Gasteiger partial charge is 0.417 e. The Morgan fingerprint density at radius 3 is 2.47 bits per heavy atom. The molecule has 4 aromatic rings. The van der Waals surface area contributed by atoms with Crippen LogP contribution in [0.1, 0.15) is 18.5 Å². The zero-order valence-electron chi connectivity index (χ0n) is 15.3. The first kappa shape index (κ1) is 18.7. The molecule has 0 saturated heterocycles. The van der Waals surface area contributed by atoms with E-state index in [1.165, 1.54) is 18.5 Å². The highest BCUT2D eigenvalue weighted by Crippen LogP contribution is 2.41. The molecule has 30 heavy (non-hydrogen) atoms. The van der Waals surface area contributed by atoms with E-state index in [0.717, 1.165) is 6.07 Å². The zero-order chi connectivity index (χ0) is 21.0. The van der Waals surface area contributed by atoms with E-state index in [9.17, 15) is 13.2 Å². The zero-order valence-corrected chi connectivity index (χ0v) is 16.1. The predicted molar refractivity (Wildman–Crippen MR) is 100 cm³/mol. The van der Waals surface area contributed by atoms with Crippen molar-refractivity contribution < 1.29 is 13.2 Å². The fraction of sp³-hybridized carbons (Fsp3) is 0.222. The number of alkyl halides is 3. The lowest BCUT2D eigenvalue weighted by Gasteiger charge is -2.25. The van der Waals surface area contributed by atoms with E-state index in [1.807, 2.05) is 11.5 Å². The maximum absolute atomic E-state index is 13.3. The van der Waals surface area contributed by atoms with Gasteiger partial charge < -0.3 is 4.57 Å². The van der Waals surface area contributed by atoms with Gasteiger partial charge in [0.25, 0.3) is 0 Å². The van der Waals surface area contributed by atoms with Crippen LogP contribution in [0.2, 0.25) is 5.02 Å². The summed E-state index contributed by atoms with van der Waals surface area (Å²) in [6.07, 6.45) is -1.55. The van der Waals surface area contributed by atoms with E-state index in [1.54, 1.807) is 16.8 Å². The summed E-state index contributed by atoms with van der Waals surface area (Å²) in [5.74, 6) is 1.63. The Morgan fingerprint density at radius 2 is 1.73 bits per heavy atom. The molecule has 0 bridgehead atoms. The molecule has 0 radical (unpaired) electrons. The van der Waals surface area contributed by atoms with Crippen molar-refractivity contribution in [2.75, 3.05) is 0 Å². The first-order chi connectivity index (χ1) is 14.4. The molecule has 1 aromatic carbocycles. The Morgan fingerprint density at radius 1 is 1.00 bits per heavy atom. The van der Waals surface area contributed by atoms with E-state index < -0.39 is 16.8 Å². The van der Waals surface area contributed by atoms with Gasteiger partial charge in [0.05, 0.1) is 16.6 Å². The summed E-state index contributed by atoms with van der Waals surface area (Å²) in [5.41, 5.74) is -0.164. The molecule has 1 aliphatic heterocycles. The van der Waals surface area contributed by atoms with Gasteiger partial charge in [-0.2, -0.15) is 13.2 Å². The standard InChI is InChI=1S/C18H12ClF3N8/c1-9-7-29-15(12-5-6-23-8-24-12)26-27-16(29)17-28-25-14(30(9)17)10-3-2-4-11(13(10)19)18(20,21)22/h2-6,8-9H,7H2,1H3/t9-/m0/s1. The third-order valence-corrected chi connectivity index (χ3v) is 5.30. The van der Waals surface area contributed by atoms with Crippen LogP contribution < -0.4 is 0 Å². The van der Waals surface area contributed by atoms with E-state index >= 15 is 0 Å². The first-order valence-corrected chi connectivity index (χ1v) is 9.25. The van der Waals surface area contributed by atoms with E-state index in [4.69, 9.17) is 11.6 Å². The second-order valence-corrected chi connectivity index (χ2v) is 7.16. The molecule has 0 amide bonds. The highest BCUT2D eigenvalue weighted by molar-refractivity contribution is 6.34. The molecule has 152 valence electrons. The van der Waals surface area contributed by atoms with Crippen molar-refractivity contribution >= 4 is 11.6 Å². The highest BCUT2D eigenvalue weighted by atomic mass is 35.5. The van der Waals surface area contributed by atoms with E-state index in [-0.39, 0.29) is 17.4 Å². The molecule has 0 saturated carbocycles. The number of aromatic nitrogens is 8. The number of hydrogen-bond donors (Lipinski definition) is 0. The Kier molecular flexibility index (Phi) is 4.10. The molecule has 0 spiro atoms. The van der Waals surface area contributed by atoms with Crippen LogP contribution >= 0.6 is 11.6 Å². The van der Waals surface area contributed by atoms with Gasteiger partial charge in [0.15, 0.2) is 11.6 Å². The minimum absolute atomic E-state index is 0.154. The third-order valence-electron chi connectivity index (χ3n) is 4.89. The summed E-state index contributed by atoms with van der Waals surface area (Å²) in [5, 5.41) is 16.3. The van der Waals surface area contributed by atoms with Gasteiger partial charge >= 0.3 is 6.18 Å². The minimum Gasteiger partial charge on any atom is -0.301 e. The molecule has 4 heterocycles. The van der Waals surface area contributed by atoms with Crippen LogP contribution in [0, 0.1) is 0 Å². The topological polar surface area (TPSA) is 87.2 Å². The van der Waals surface area contributed by atoms with Crippen LogP contribution in [-0.4, -0.2) is 39.5 Å². The van der Waals surface area contributed by atoms with Gasteiger partial charge in [0.2, 0.25) is 11.6 Å². The molecule has 8 nitrogen and oxygen atoms in total. The van der Waals surface area contributed by atoms with Crippen LogP contribution in [0.15, 0.2) is 36.8 Å². The fourth-order valence-electron chi connectivity index (χ4n) is 3.57. The monoisotopic (exact) mass is 432 g/mol. The van der Waals surface area contributed by atoms with Crippen molar-refractivity contribution in [3.05, 3.63) is 47.4 Å². The number of halogens is 4. The van der Waals surface area contributed by atoms with Crippen LogP contribution in [0.25, 0.3) is 34.6 Å². The summed E-state index contributed by atoms with van der Waals surface area (Å²) in [4.78, 5) is 8.11. The van der Waals surface area contributed by atoms with E-state index in [2.05, 4.69) is 30.4 Å². The Labute approximate surface area is 172 Å². The summed E-state index contributed by atoms with van der Waals surface area (Å²) < 4.78 is 43.5. The predicted octanol–water partition coefficient (Wildman–Crippen LogP) is 3.91. The molecule has 5 rings (SSSR count). The number of fused-ring (bicyclic) bond motifs is 3. The normalized spacial score (nSPS) is 15.7. The summed E-state index contributed by atoms with van der Waals surface area (Å²) in [7, 11) is 0. The molecule has 12 heteroatoms. The van der Waals surface area contributed by atoms with Gasteiger partial charge in [-0.3, -0.25) is 4.57 Å². The van der Waals surface area contributed by atoms with Crippen molar-refractivity contribution in [3.8, 4) is 34.6 Å². The van der Waals surface area contributed by atoms with Crippen LogP contribution in [0.3, 0.4) is 0 Å². The van der Waals surface area contributed by atoms with Crippen LogP contribution in [0.5, 0.6) is 0 Å². The Balaban J connectivity index is 1.66. The smallest absolute Gasteiger partial charge is 0.301 e. The first-order valence-electron chi connectivity index (χ1n) is 8.87. The van der Waals surface area contributed by atoms with Crippen molar-refractivity contribution in [2.45, 2.75) is 25.7 Å². The number of hydrogen-bond acceptors (Lipinski definition) is 6. The van der Waals surface area contributed by atoms with Gasteiger partial charge in [-0.1, -0.05) is 17.7 Å². The number of benzene rings is 1. The molecule has 0 N–H and O–H groups in total. The van der Waals surface area contributed by atoms with Gasteiger partial charge in [0.1, 0.15) is 12.0 Å². The molecule has 0 aliphatic carbocycles. The maximum Gasteiger partial charge on any atom is 0.417 e. The highest BCUT2D eigenvalue weighted by Gasteiger charge is 2.36. The second kappa shape index (κ2) is 6.59. The maximum atomic E-state index is 13.3. The summed E-state index contributed by atoms with van der Waals surface area (Å²) in [6, 6.07) is 5.25. The number of nitrogens with zero attached hydrogens (tertiary/aromatic N) is 8. The molecular formula is C18H12ClF3N8. The molecule has 1 atom stereocenters. The van der Waals surface area contributed by atoms with Gasteiger partial charge in [-0.25, -0.2) is 9.97 Å². The Hall–Kier alpha value is -3.34. The van der Waals surface area contributed by atoms with Crippen molar-refractivity contribution in [2.24, 2.45) is 0 Å². The fourth-order valence-corrected chi connectivity index (χ4v) is 3.89. The lowest BCUT2D eigenvalue weighted by Crippen LogP contribution is -2.22. The second-order valence-electron chi connectivity index (χ2n) is 6.78. The number of rotatable bonds is 2. The van der Waals surface area contributed by atoms with E-state index in [0.29, 0.717) is 29.7 Å². The van der Waals surface area contributed by atoms with Gasteiger partial charge in [-0.15, -0.1) is 20.4 Å². The van der Waals surface area contributed by atoms with Crippen LogP contribution in [0.4, 0.5) is 13.2 Å². The molecule has 0 unspecified atom stereocenters.